The van der Waals surface area contributed by atoms with E-state index in [1.54, 1.807) is 30.2 Å². The lowest BCUT2D eigenvalue weighted by atomic mass is 9.80. The van der Waals surface area contributed by atoms with Gasteiger partial charge < -0.3 is 19.4 Å². The van der Waals surface area contributed by atoms with Gasteiger partial charge in [0.15, 0.2) is 6.10 Å². The lowest BCUT2D eigenvalue weighted by molar-refractivity contribution is -0.157. The van der Waals surface area contributed by atoms with Crippen LogP contribution in [0.4, 0.5) is 0 Å². The first-order valence-corrected chi connectivity index (χ1v) is 11.9. The summed E-state index contributed by atoms with van der Waals surface area (Å²) in [6, 6.07) is 11.5. The van der Waals surface area contributed by atoms with E-state index < -0.39 is 11.5 Å². The van der Waals surface area contributed by atoms with Gasteiger partial charge >= 0.3 is 5.97 Å². The smallest absolute Gasteiger partial charge is 0.311 e. The molecule has 1 aliphatic heterocycles. The van der Waals surface area contributed by atoms with Gasteiger partial charge in [0.05, 0.1) is 17.9 Å². The Morgan fingerprint density at radius 1 is 1.06 bits per heavy atom. The zero-order chi connectivity index (χ0) is 25.3. The molecule has 2 aromatic carbocycles. The van der Waals surface area contributed by atoms with Crippen molar-refractivity contribution in [3.63, 3.8) is 0 Å². The summed E-state index contributed by atoms with van der Waals surface area (Å²) in [6.45, 7) is 8.62. The fraction of sp³-hybridized carbons (Fsp3) is 0.393. The molecule has 0 radical (unpaired) electrons. The highest BCUT2D eigenvalue weighted by Gasteiger charge is 2.39. The molecule has 1 saturated heterocycles. The lowest BCUT2D eigenvalue weighted by Crippen LogP contribution is -2.49. The predicted octanol–water partition coefficient (Wildman–Crippen LogP) is 4.38. The molecule has 7 heteroatoms. The average Bonchev–Trinajstić information content (AvgIpc) is 2.85. The number of H-pyrrole nitrogens is 1. The van der Waals surface area contributed by atoms with Crippen LogP contribution in [-0.2, 0) is 14.3 Å². The molecule has 1 fully saturated rings. The van der Waals surface area contributed by atoms with Gasteiger partial charge in [0, 0.05) is 24.8 Å². The molecule has 184 valence electrons. The standard InChI is InChI=1S/C28H32N2O5/c1-17-7-6-8-18(2)24(17)23-16-29-25(31)22-15-20(9-10-21(22)23)35-19(3)26(32)30-13-11-28(4,12-14-30)27(33)34-5/h6-10,15-16,19H,11-14H2,1-5H3,(H,29,31)/t19-/m1/s1. The fourth-order valence-corrected chi connectivity index (χ4v) is 4.94. The molecule has 1 atom stereocenters. The maximum absolute atomic E-state index is 13.0. The van der Waals surface area contributed by atoms with E-state index in [2.05, 4.69) is 31.0 Å². The van der Waals surface area contributed by atoms with Gasteiger partial charge in [-0.2, -0.15) is 0 Å². The number of esters is 1. The van der Waals surface area contributed by atoms with Crippen LogP contribution in [0.15, 0.2) is 47.4 Å². The third-order valence-electron chi connectivity index (χ3n) is 7.14. The molecular weight excluding hydrogens is 444 g/mol. The minimum Gasteiger partial charge on any atom is -0.481 e. The number of piperidine rings is 1. The molecule has 0 spiro atoms. The van der Waals surface area contributed by atoms with Gasteiger partial charge in [-0.25, -0.2) is 0 Å². The maximum Gasteiger partial charge on any atom is 0.311 e. The Hall–Kier alpha value is -3.61. The zero-order valence-electron chi connectivity index (χ0n) is 20.9. The van der Waals surface area contributed by atoms with Gasteiger partial charge in [0.2, 0.25) is 0 Å². The number of benzene rings is 2. The normalized spacial score (nSPS) is 16.1. The largest absolute Gasteiger partial charge is 0.481 e. The summed E-state index contributed by atoms with van der Waals surface area (Å²) < 4.78 is 10.9. The molecule has 0 unspecified atom stereocenters. The average molecular weight is 477 g/mol. The number of hydrogen-bond acceptors (Lipinski definition) is 5. The molecule has 0 aliphatic carbocycles. The summed E-state index contributed by atoms with van der Waals surface area (Å²) in [7, 11) is 1.39. The molecule has 1 amide bonds. The van der Waals surface area contributed by atoms with Crippen molar-refractivity contribution >= 4 is 22.6 Å². The number of likely N-dealkylation sites (tertiary alicyclic amines) is 1. The second kappa shape index (κ2) is 9.56. The first-order valence-electron chi connectivity index (χ1n) is 11.9. The Morgan fingerprint density at radius 2 is 1.71 bits per heavy atom. The third-order valence-corrected chi connectivity index (χ3v) is 7.14. The number of nitrogens with one attached hydrogen (secondary N) is 1. The highest BCUT2D eigenvalue weighted by Crippen LogP contribution is 2.34. The number of aromatic nitrogens is 1. The van der Waals surface area contributed by atoms with Crippen molar-refractivity contribution in [2.24, 2.45) is 5.41 Å². The van der Waals surface area contributed by atoms with Gasteiger partial charge in [-0.15, -0.1) is 0 Å². The molecule has 1 aliphatic rings. The number of aromatic amines is 1. The number of methoxy groups -OCH3 is 1. The molecule has 1 N–H and O–H groups in total. The van der Waals surface area contributed by atoms with Crippen LogP contribution in [0.2, 0.25) is 0 Å². The second-order valence-corrected chi connectivity index (χ2v) is 9.64. The number of amides is 1. The Bertz CT molecular complexity index is 1310. The van der Waals surface area contributed by atoms with E-state index in [9.17, 15) is 14.4 Å². The van der Waals surface area contributed by atoms with Crippen LogP contribution in [0.1, 0.15) is 37.8 Å². The van der Waals surface area contributed by atoms with E-state index in [0.717, 1.165) is 27.6 Å². The first kappa shape index (κ1) is 24.5. The van der Waals surface area contributed by atoms with Gasteiger partial charge in [0.1, 0.15) is 5.75 Å². The number of aryl methyl sites for hydroxylation is 2. The molecule has 1 aromatic heterocycles. The van der Waals surface area contributed by atoms with Crippen molar-refractivity contribution in [1.29, 1.82) is 0 Å². The van der Waals surface area contributed by atoms with Gasteiger partial charge in [0.25, 0.3) is 11.5 Å². The van der Waals surface area contributed by atoms with E-state index in [1.807, 2.05) is 19.1 Å². The number of fused-ring (bicyclic) bond motifs is 1. The Balaban J connectivity index is 1.54. The minimum absolute atomic E-state index is 0.143. The van der Waals surface area contributed by atoms with E-state index >= 15 is 0 Å². The Labute approximate surface area is 205 Å². The molecule has 7 nitrogen and oxygen atoms in total. The maximum atomic E-state index is 13.0. The van der Waals surface area contributed by atoms with E-state index in [1.165, 1.54) is 7.11 Å². The number of ether oxygens (including phenoxy) is 2. The van der Waals surface area contributed by atoms with Gasteiger partial charge in [-0.3, -0.25) is 14.4 Å². The number of carbonyl (C=O) groups is 2. The van der Waals surface area contributed by atoms with E-state index in [4.69, 9.17) is 9.47 Å². The molecular formula is C28H32N2O5. The zero-order valence-corrected chi connectivity index (χ0v) is 20.9. The molecule has 4 rings (SSSR count). The van der Waals surface area contributed by atoms with Crippen molar-refractivity contribution in [2.45, 2.75) is 46.6 Å². The van der Waals surface area contributed by atoms with Crippen LogP contribution < -0.4 is 10.3 Å². The van der Waals surface area contributed by atoms with Gasteiger partial charge in [-0.1, -0.05) is 18.2 Å². The van der Waals surface area contributed by atoms with Gasteiger partial charge in [-0.05, 0) is 80.8 Å². The van der Waals surface area contributed by atoms with Crippen molar-refractivity contribution in [3.05, 3.63) is 64.1 Å². The second-order valence-electron chi connectivity index (χ2n) is 9.64. The number of pyridine rings is 1. The van der Waals surface area contributed by atoms with Crippen LogP contribution in [0.5, 0.6) is 5.75 Å². The topological polar surface area (TPSA) is 88.7 Å². The highest BCUT2D eigenvalue weighted by atomic mass is 16.5. The molecule has 2 heterocycles. The Morgan fingerprint density at radius 3 is 2.34 bits per heavy atom. The quantitative estimate of drug-likeness (QED) is 0.552. The van der Waals surface area contributed by atoms with Crippen molar-refractivity contribution in [1.82, 2.24) is 9.88 Å². The van der Waals surface area contributed by atoms with Crippen LogP contribution in [0, 0.1) is 19.3 Å². The monoisotopic (exact) mass is 476 g/mol. The summed E-state index contributed by atoms with van der Waals surface area (Å²) in [5, 5.41) is 1.34. The molecule has 3 aromatic rings. The number of nitrogens with zero attached hydrogens (tertiary/aromatic N) is 1. The van der Waals surface area contributed by atoms with Crippen LogP contribution >= 0.6 is 0 Å². The van der Waals surface area contributed by atoms with Crippen molar-refractivity contribution < 1.29 is 19.1 Å². The fourth-order valence-electron chi connectivity index (χ4n) is 4.94. The highest BCUT2D eigenvalue weighted by molar-refractivity contribution is 5.97. The number of carbonyl (C=O) groups excluding carboxylic acids is 2. The summed E-state index contributed by atoms with van der Waals surface area (Å²) >= 11 is 0. The minimum atomic E-state index is -0.726. The van der Waals surface area contributed by atoms with Crippen molar-refractivity contribution in [3.8, 4) is 16.9 Å². The molecule has 0 bridgehead atoms. The summed E-state index contributed by atoms with van der Waals surface area (Å²) in [4.78, 5) is 42.3. The first-order chi connectivity index (χ1) is 16.6. The summed E-state index contributed by atoms with van der Waals surface area (Å²) in [5.74, 6) is 0.0738. The predicted molar refractivity (Wildman–Crippen MR) is 136 cm³/mol. The van der Waals surface area contributed by atoms with Crippen LogP contribution in [-0.4, -0.2) is 48.1 Å². The molecule has 35 heavy (non-hydrogen) atoms. The van der Waals surface area contributed by atoms with Crippen LogP contribution in [0.3, 0.4) is 0 Å². The van der Waals surface area contributed by atoms with E-state index in [-0.39, 0.29) is 17.4 Å². The van der Waals surface area contributed by atoms with Crippen LogP contribution in [0.25, 0.3) is 21.9 Å². The third kappa shape index (κ3) is 4.67. The number of rotatable bonds is 5. The lowest BCUT2D eigenvalue weighted by Gasteiger charge is -2.38. The number of hydrogen-bond donors (Lipinski definition) is 1. The van der Waals surface area contributed by atoms with Crippen molar-refractivity contribution in [2.75, 3.05) is 20.2 Å². The summed E-state index contributed by atoms with van der Waals surface area (Å²) in [6.07, 6.45) is 2.12. The SMILES string of the molecule is COC(=O)C1(C)CCN(C(=O)[C@@H](C)Oc2ccc3c(-c4c(C)cccc4C)c[nH]c(=O)c3c2)CC1. The summed E-state index contributed by atoms with van der Waals surface area (Å²) in [5.41, 5.74) is 3.52. The van der Waals surface area contributed by atoms with E-state index in [0.29, 0.717) is 37.1 Å². The molecule has 0 saturated carbocycles. The Kier molecular flexibility index (Phi) is 6.70.